The Bertz CT molecular complexity index is 429. The predicted molar refractivity (Wildman–Crippen MR) is 60.3 cm³/mol. The van der Waals surface area contributed by atoms with Crippen molar-refractivity contribution in [3.05, 3.63) is 33.3 Å². The monoisotopic (exact) mass is 294 g/mol. The van der Waals surface area contributed by atoms with Crippen molar-refractivity contribution in [3.63, 3.8) is 0 Å². The third-order valence-electron chi connectivity index (χ3n) is 2.89. The molecule has 0 spiro atoms. The molecule has 0 aromatic heterocycles. The smallest absolute Gasteiger partial charge is 0.142 e. The minimum Gasteiger partial charge on any atom is -0.207 e. The van der Waals surface area contributed by atoms with Crippen molar-refractivity contribution in [1.82, 2.24) is 0 Å². The van der Waals surface area contributed by atoms with Crippen LogP contribution in [-0.2, 0) is 5.41 Å². The second kappa shape index (κ2) is 3.42. The summed E-state index contributed by atoms with van der Waals surface area (Å²) in [6, 6.07) is 1.17. The highest BCUT2D eigenvalue weighted by Crippen LogP contribution is 2.50. The van der Waals surface area contributed by atoms with Crippen LogP contribution in [0, 0.1) is 11.6 Å². The Hall–Kier alpha value is -0.150. The van der Waals surface area contributed by atoms with Crippen LogP contribution in [0.15, 0.2) is 10.5 Å². The van der Waals surface area contributed by atoms with Crippen molar-refractivity contribution in [3.8, 4) is 0 Å². The fourth-order valence-corrected chi connectivity index (χ4v) is 3.25. The topological polar surface area (TPSA) is 0 Å². The van der Waals surface area contributed by atoms with Gasteiger partial charge in [-0.15, -0.1) is 11.6 Å². The van der Waals surface area contributed by atoms with E-state index in [0.717, 1.165) is 0 Å². The first kappa shape index (κ1) is 11.3. The summed E-state index contributed by atoms with van der Waals surface area (Å²) in [5, 5.41) is -0.443. The number of hydrogen-bond acceptors (Lipinski definition) is 0. The molecule has 0 aliphatic heterocycles. The largest absolute Gasteiger partial charge is 0.207 e. The number of fused-ring (bicyclic) bond motifs is 1. The molecule has 0 bridgehead atoms. The lowest BCUT2D eigenvalue weighted by molar-refractivity contribution is 0.484. The number of alkyl halides is 1. The van der Waals surface area contributed by atoms with E-state index in [1.165, 1.54) is 6.07 Å². The molecule has 0 heterocycles. The second-order valence-corrected chi connectivity index (χ2v) is 5.88. The van der Waals surface area contributed by atoms with Gasteiger partial charge in [-0.1, -0.05) is 13.8 Å². The molecule has 0 N–H and O–H groups in total. The van der Waals surface area contributed by atoms with Crippen LogP contribution < -0.4 is 0 Å². The fourth-order valence-electron chi connectivity index (χ4n) is 2.25. The van der Waals surface area contributed by atoms with E-state index in [1.54, 1.807) is 0 Å². The Morgan fingerprint density at radius 3 is 2.67 bits per heavy atom. The van der Waals surface area contributed by atoms with Crippen molar-refractivity contribution in [1.29, 1.82) is 0 Å². The normalized spacial score (nSPS) is 22.9. The molecule has 2 rings (SSSR count). The average Bonchev–Trinajstić information content (AvgIpc) is 2.32. The van der Waals surface area contributed by atoms with Crippen molar-refractivity contribution in [2.24, 2.45) is 0 Å². The van der Waals surface area contributed by atoms with E-state index in [0.29, 0.717) is 17.5 Å². The highest BCUT2D eigenvalue weighted by atomic mass is 79.9. The third kappa shape index (κ3) is 1.60. The summed E-state index contributed by atoms with van der Waals surface area (Å²) < 4.78 is 27.7. The third-order valence-corrected chi connectivity index (χ3v) is 3.84. The van der Waals surface area contributed by atoms with E-state index in [4.69, 9.17) is 11.6 Å². The average molecular weight is 296 g/mol. The van der Waals surface area contributed by atoms with Gasteiger partial charge >= 0.3 is 0 Å². The quantitative estimate of drug-likeness (QED) is 0.481. The second-order valence-electron chi connectivity index (χ2n) is 4.50. The van der Waals surface area contributed by atoms with Crippen LogP contribution in [-0.4, -0.2) is 0 Å². The predicted octanol–water partition coefficient (Wildman–Crippen LogP) is 4.69. The van der Waals surface area contributed by atoms with Gasteiger partial charge in [-0.25, -0.2) is 8.78 Å². The van der Waals surface area contributed by atoms with Gasteiger partial charge in [0.1, 0.15) is 11.6 Å². The minimum absolute atomic E-state index is 0.141. The molecule has 15 heavy (non-hydrogen) atoms. The van der Waals surface area contributed by atoms with Crippen LogP contribution in [0.4, 0.5) is 8.78 Å². The summed E-state index contributed by atoms with van der Waals surface area (Å²) in [6.45, 7) is 3.76. The lowest BCUT2D eigenvalue weighted by Gasteiger charge is -2.19. The van der Waals surface area contributed by atoms with Gasteiger partial charge in [-0.3, -0.25) is 0 Å². The summed E-state index contributed by atoms with van der Waals surface area (Å²) in [5.74, 6) is -0.816. The zero-order valence-corrected chi connectivity index (χ0v) is 10.7. The first-order chi connectivity index (χ1) is 6.84. The summed E-state index contributed by atoms with van der Waals surface area (Å²) in [7, 11) is 0. The van der Waals surface area contributed by atoms with Crippen molar-refractivity contribution < 1.29 is 8.78 Å². The molecule has 0 saturated carbocycles. The molecular weight excluding hydrogens is 285 g/mol. The van der Waals surface area contributed by atoms with Gasteiger partial charge in [-0.2, -0.15) is 0 Å². The van der Waals surface area contributed by atoms with Gasteiger partial charge in [0.15, 0.2) is 0 Å². The first-order valence-corrected chi connectivity index (χ1v) is 5.89. The number of rotatable bonds is 0. The van der Waals surface area contributed by atoms with Crippen LogP contribution in [0.5, 0.6) is 0 Å². The minimum atomic E-state index is -0.443. The lowest BCUT2D eigenvalue weighted by Crippen LogP contribution is -2.14. The SMILES string of the molecule is CC1(C)CC(Cl)c2c(F)c(Br)cc(F)c21. The molecule has 1 aliphatic rings. The maximum absolute atomic E-state index is 13.8. The van der Waals surface area contributed by atoms with Crippen LogP contribution in [0.3, 0.4) is 0 Å². The molecule has 0 radical (unpaired) electrons. The first-order valence-electron chi connectivity index (χ1n) is 4.66. The number of benzene rings is 1. The van der Waals surface area contributed by atoms with E-state index in [1.807, 2.05) is 13.8 Å². The van der Waals surface area contributed by atoms with Gasteiger partial charge in [0, 0.05) is 11.1 Å². The van der Waals surface area contributed by atoms with E-state index in [9.17, 15) is 8.78 Å². The molecule has 1 aromatic rings. The summed E-state index contributed by atoms with van der Waals surface area (Å²) >= 11 is 9.04. The molecule has 1 aromatic carbocycles. The fraction of sp³-hybridized carbons (Fsp3) is 0.455. The molecule has 1 aliphatic carbocycles. The van der Waals surface area contributed by atoms with Gasteiger partial charge in [-0.05, 0) is 33.8 Å². The standard InChI is InChI=1S/C11H10BrClF2/c1-11(2)4-6(13)8-9(11)7(14)3-5(12)10(8)15/h3,6H,4H2,1-2H3. The molecule has 0 nitrogen and oxygen atoms in total. The summed E-state index contributed by atoms with van der Waals surface area (Å²) in [6.07, 6.45) is 0.564. The van der Waals surface area contributed by atoms with E-state index in [-0.39, 0.29) is 10.3 Å². The van der Waals surface area contributed by atoms with Crippen LogP contribution >= 0.6 is 27.5 Å². The van der Waals surface area contributed by atoms with E-state index in [2.05, 4.69) is 15.9 Å². The molecule has 1 atom stereocenters. The molecular formula is C11H10BrClF2. The van der Waals surface area contributed by atoms with Crippen molar-refractivity contribution >= 4 is 27.5 Å². The number of halogens is 4. The van der Waals surface area contributed by atoms with Crippen molar-refractivity contribution in [2.75, 3.05) is 0 Å². The molecule has 82 valence electrons. The molecule has 0 fully saturated rings. The molecule has 4 heteroatoms. The van der Waals surface area contributed by atoms with E-state index < -0.39 is 16.6 Å². The highest BCUT2D eigenvalue weighted by Gasteiger charge is 2.41. The van der Waals surface area contributed by atoms with Crippen molar-refractivity contribution in [2.45, 2.75) is 31.1 Å². The zero-order chi connectivity index (χ0) is 11.4. The molecule has 1 unspecified atom stereocenters. The highest BCUT2D eigenvalue weighted by molar-refractivity contribution is 9.10. The Balaban J connectivity index is 2.78. The van der Waals surface area contributed by atoms with Crippen LogP contribution in [0.2, 0.25) is 0 Å². The Morgan fingerprint density at radius 1 is 1.47 bits per heavy atom. The Labute approximate surface area is 101 Å². The van der Waals surface area contributed by atoms with Crippen LogP contribution in [0.1, 0.15) is 36.8 Å². The van der Waals surface area contributed by atoms with E-state index >= 15 is 0 Å². The Kier molecular flexibility index (Phi) is 2.59. The van der Waals surface area contributed by atoms with Gasteiger partial charge in [0.05, 0.1) is 9.85 Å². The maximum atomic E-state index is 13.8. The summed E-state index contributed by atoms with van der Waals surface area (Å²) in [5.41, 5.74) is 0.338. The zero-order valence-electron chi connectivity index (χ0n) is 8.37. The molecule has 0 saturated heterocycles. The maximum Gasteiger partial charge on any atom is 0.142 e. The lowest BCUT2D eigenvalue weighted by atomic mass is 9.86. The Morgan fingerprint density at radius 2 is 2.07 bits per heavy atom. The van der Waals surface area contributed by atoms with Gasteiger partial charge in [0.25, 0.3) is 0 Å². The summed E-state index contributed by atoms with van der Waals surface area (Å²) in [4.78, 5) is 0. The van der Waals surface area contributed by atoms with Crippen LogP contribution in [0.25, 0.3) is 0 Å². The number of hydrogen-bond donors (Lipinski definition) is 0. The molecule has 0 amide bonds. The van der Waals surface area contributed by atoms with Gasteiger partial charge in [0.2, 0.25) is 0 Å². The van der Waals surface area contributed by atoms with Gasteiger partial charge < -0.3 is 0 Å².